The van der Waals surface area contributed by atoms with Crippen LogP contribution in [0.25, 0.3) is 0 Å². The average Bonchev–Trinajstić information content (AvgIpc) is 2.98. The monoisotopic (exact) mass is 289 g/mol. The van der Waals surface area contributed by atoms with Gasteiger partial charge in [-0.15, -0.1) is 0 Å². The van der Waals surface area contributed by atoms with Gasteiger partial charge in [-0.25, -0.2) is 0 Å². The second kappa shape index (κ2) is 6.03. The van der Waals surface area contributed by atoms with E-state index in [1.165, 1.54) is 12.8 Å². The molecule has 21 heavy (non-hydrogen) atoms. The van der Waals surface area contributed by atoms with Crippen molar-refractivity contribution < 1.29 is 9.53 Å². The SMILES string of the molecule is CC1(OCC(=O)Nc2ccccc2N2CCCC2)CNC1. The quantitative estimate of drug-likeness (QED) is 0.864. The number of benzene rings is 1. The first kappa shape index (κ1) is 14.4. The summed E-state index contributed by atoms with van der Waals surface area (Å²) in [5, 5.41) is 6.14. The molecule has 0 bridgehead atoms. The van der Waals surface area contributed by atoms with Gasteiger partial charge in [0.15, 0.2) is 0 Å². The maximum absolute atomic E-state index is 12.1. The fourth-order valence-corrected chi connectivity index (χ4v) is 2.82. The Morgan fingerprint density at radius 3 is 2.71 bits per heavy atom. The van der Waals surface area contributed by atoms with E-state index >= 15 is 0 Å². The number of carbonyl (C=O) groups excluding carboxylic acids is 1. The van der Waals surface area contributed by atoms with Crippen LogP contribution in [0.3, 0.4) is 0 Å². The smallest absolute Gasteiger partial charge is 0.250 e. The molecular formula is C16H23N3O2. The van der Waals surface area contributed by atoms with E-state index in [4.69, 9.17) is 4.74 Å². The molecule has 0 unspecified atom stereocenters. The summed E-state index contributed by atoms with van der Waals surface area (Å²) in [5.74, 6) is -0.0882. The van der Waals surface area contributed by atoms with Gasteiger partial charge in [-0.2, -0.15) is 0 Å². The zero-order valence-corrected chi connectivity index (χ0v) is 12.5. The molecule has 2 heterocycles. The molecular weight excluding hydrogens is 266 g/mol. The van der Waals surface area contributed by atoms with Crippen molar-refractivity contribution in [1.29, 1.82) is 0 Å². The van der Waals surface area contributed by atoms with Crippen LogP contribution in [0, 0.1) is 0 Å². The van der Waals surface area contributed by atoms with Crippen LogP contribution in [0.15, 0.2) is 24.3 Å². The van der Waals surface area contributed by atoms with E-state index < -0.39 is 0 Å². The third-order valence-corrected chi connectivity index (χ3v) is 4.17. The number of nitrogens with one attached hydrogen (secondary N) is 2. The van der Waals surface area contributed by atoms with Crippen molar-refractivity contribution in [3.05, 3.63) is 24.3 Å². The van der Waals surface area contributed by atoms with Gasteiger partial charge in [0.2, 0.25) is 5.91 Å². The molecule has 2 fully saturated rings. The van der Waals surface area contributed by atoms with Crippen molar-refractivity contribution in [1.82, 2.24) is 5.32 Å². The fourth-order valence-electron chi connectivity index (χ4n) is 2.82. The lowest BCUT2D eigenvalue weighted by molar-refractivity contribution is -0.130. The van der Waals surface area contributed by atoms with Gasteiger partial charge in [0.25, 0.3) is 0 Å². The maximum atomic E-state index is 12.1. The first-order valence-corrected chi connectivity index (χ1v) is 7.65. The molecule has 0 atom stereocenters. The van der Waals surface area contributed by atoms with Gasteiger partial charge >= 0.3 is 0 Å². The molecule has 0 radical (unpaired) electrons. The van der Waals surface area contributed by atoms with Gasteiger partial charge in [0.05, 0.1) is 17.0 Å². The van der Waals surface area contributed by atoms with Crippen LogP contribution in [-0.4, -0.2) is 44.3 Å². The minimum Gasteiger partial charge on any atom is -0.370 e. The summed E-state index contributed by atoms with van der Waals surface area (Å²) in [6.45, 7) is 5.87. The third-order valence-electron chi connectivity index (χ3n) is 4.17. The topological polar surface area (TPSA) is 53.6 Å². The van der Waals surface area contributed by atoms with E-state index in [9.17, 15) is 4.79 Å². The minimum atomic E-state index is -0.189. The van der Waals surface area contributed by atoms with E-state index in [1.54, 1.807) is 0 Å². The molecule has 0 spiro atoms. The Balaban J connectivity index is 1.60. The largest absolute Gasteiger partial charge is 0.370 e. The molecule has 0 aliphatic carbocycles. The van der Waals surface area contributed by atoms with Crippen LogP contribution in [0.4, 0.5) is 11.4 Å². The lowest BCUT2D eigenvalue weighted by Crippen LogP contribution is -2.59. The van der Waals surface area contributed by atoms with Gasteiger partial charge in [-0.3, -0.25) is 4.79 Å². The first-order chi connectivity index (χ1) is 10.2. The van der Waals surface area contributed by atoms with Crippen LogP contribution in [-0.2, 0) is 9.53 Å². The minimum absolute atomic E-state index is 0.0882. The standard InChI is InChI=1S/C16H23N3O2/c1-16(11-17-12-16)21-10-15(20)18-13-6-2-3-7-14(13)19-8-4-5-9-19/h2-3,6-7,17H,4-5,8-12H2,1H3,(H,18,20). The number of hydrogen-bond acceptors (Lipinski definition) is 4. The summed E-state index contributed by atoms with van der Waals surface area (Å²) in [5.41, 5.74) is 1.80. The van der Waals surface area contributed by atoms with Crippen LogP contribution in [0.2, 0.25) is 0 Å². The van der Waals surface area contributed by atoms with Crippen molar-refractivity contribution in [3.8, 4) is 0 Å². The molecule has 0 saturated carbocycles. The molecule has 2 saturated heterocycles. The molecule has 2 aliphatic rings. The highest BCUT2D eigenvalue weighted by atomic mass is 16.5. The van der Waals surface area contributed by atoms with E-state index in [-0.39, 0.29) is 18.1 Å². The lowest BCUT2D eigenvalue weighted by Gasteiger charge is -2.38. The van der Waals surface area contributed by atoms with E-state index in [2.05, 4.69) is 21.6 Å². The van der Waals surface area contributed by atoms with E-state index in [0.717, 1.165) is 37.6 Å². The number of hydrogen-bond donors (Lipinski definition) is 2. The zero-order valence-electron chi connectivity index (χ0n) is 12.5. The van der Waals surface area contributed by atoms with Gasteiger partial charge in [-0.05, 0) is 31.9 Å². The molecule has 2 N–H and O–H groups in total. The van der Waals surface area contributed by atoms with Crippen molar-refractivity contribution >= 4 is 17.3 Å². The van der Waals surface area contributed by atoms with Gasteiger partial charge in [-0.1, -0.05) is 12.1 Å². The summed E-state index contributed by atoms with van der Waals surface area (Å²) in [7, 11) is 0. The van der Waals surface area contributed by atoms with Crippen molar-refractivity contribution in [2.45, 2.75) is 25.4 Å². The molecule has 1 amide bonds. The predicted octanol–water partition coefficient (Wildman–Crippen LogP) is 1.60. The highest BCUT2D eigenvalue weighted by molar-refractivity contribution is 5.95. The van der Waals surface area contributed by atoms with Crippen LogP contribution in [0.1, 0.15) is 19.8 Å². The number of nitrogens with zero attached hydrogens (tertiary/aromatic N) is 1. The second-order valence-electron chi connectivity index (χ2n) is 6.10. The van der Waals surface area contributed by atoms with Gasteiger partial charge < -0.3 is 20.3 Å². The van der Waals surface area contributed by atoms with Crippen LogP contribution in [0.5, 0.6) is 0 Å². The summed E-state index contributed by atoms with van der Waals surface area (Å²) in [6.07, 6.45) is 2.44. The van der Waals surface area contributed by atoms with Crippen molar-refractivity contribution in [3.63, 3.8) is 0 Å². The maximum Gasteiger partial charge on any atom is 0.250 e. The van der Waals surface area contributed by atoms with E-state index in [1.807, 2.05) is 25.1 Å². The zero-order chi connectivity index (χ0) is 14.7. The molecule has 3 rings (SSSR count). The number of anilines is 2. The predicted molar refractivity (Wildman–Crippen MR) is 83.7 cm³/mol. The molecule has 114 valence electrons. The first-order valence-electron chi connectivity index (χ1n) is 7.65. The number of amides is 1. The number of ether oxygens (including phenoxy) is 1. The second-order valence-corrected chi connectivity index (χ2v) is 6.10. The van der Waals surface area contributed by atoms with E-state index in [0.29, 0.717) is 0 Å². The Hall–Kier alpha value is -1.59. The number of para-hydroxylation sites is 2. The Bertz CT molecular complexity index is 508. The third kappa shape index (κ3) is 3.36. The highest BCUT2D eigenvalue weighted by Gasteiger charge is 2.33. The van der Waals surface area contributed by atoms with Crippen molar-refractivity contribution in [2.75, 3.05) is 43.0 Å². The Morgan fingerprint density at radius 1 is 1.33 bits per heavy atom. The van der Waals surface area contributed by atoms with Crippen LogP contribution < -0.4 is 15.5 Å². The molecule has 1 aromatic rings. The molecule has 5 nitrogen and oxygen atoms in total. The Labute approximate surface area is 125 Å². The molecule has 5 heteroatoms. The van der Waals surface area contributed by atoms with Crippen LogP contribution >= 0.6 is 0 Å². The highest BCUT2D eigenvalue weighted by Crippen LogP contribution is 2.28. The van der Waals surface area contributed by atoms with Crippen molar-refractivity contribution in [2.24, 2.45) is 0 Å². The summed E-state index contributed by atoms with van der Waals surface area (Å²) in [6, 6.07) is 7.99. The van der Waals surface area contributed by atoms with Gasteiger partial charge in [0.1, 0.15) is 6.61 Å². The number of carbonyl (C=O) groups is 1. The molecule has 0 aromatic heterocycles. The average molecular weight is 289 g/mol. The lowest BCUT2D eigenvalue weighted by atomic mass is 10.0. The fraction of sp³-hybridized carbons (Fsp3) is 0.562. The summed E-state index contributed by atoms with van der Waals surface area (Å²) in [4.78, 5) is 14.4. The Morgan fingerprint density at radius 2 is 2.05 bits per heavy atom. The molecule has 2 aliphatic heterocycles. The Kier molecular flexibility index (Phi) is 4.12. The van der Waals surface area contributed by atoms with Gasteiger partial charge in [0, 0.05) is 26.2 Å². The normalized spacial score (nSPS) is 20.1. The number of rotatable bonds is 5. The molecule has 1 aromatic carbocycles. The summed E-state index contributed by atoms with van der Waals surface area (Å²) < 4.78 is 5.68. The summed E-state index contributed by atoms with van der Waals surface area (Å²) >= 11 is 0.